The first-order valence-electron chi connectivity index (χ1n) is 3.75. The second-order valence-electron chi connectivity index (χ2n) is 2.80. The van der Waals surface area contributed by atoms with E-state index >= 15 is 0 Å². The van der Waals surface area contributed by atoms with Crippen LogP contribution < -0.4 is 5.32 Å². The number of nitrogens with one attached hydrogen (secondary N) is 1. The minimum absolute atomic E-state index is 0.0284. The molecule has 1 heterocycles. The summed E-state index contributed by atoms with van der Waals surface area (Å²) in [6.45, 7) is 2.78. The lowest BCUT2D eigenvalue weighted by atomic mass is 9.99. The molecule has 60 valence electrons. The summed E-state index contributed by atoms with van der Waals surface area (Å²) in [5, 5.41) is 2.93. The van der Waals surface area contributed by atoms with Crippen LogP contribution in [0.3, 0.4) is 0 Å². The summed E-state index contributed by atoms with van der Waals surface area (Å²) in [6, 6.07) is 0. The Morgan fingerprint density at radius 1 is 1.60 bits per heavy atom. The van der Waals surface area contributed by atoms with Crippen LogP contribution in [0, 0.1) is 5.92 Å². The average molecular weight is 149 g/mol. The molecule has 1 aliphatic rings. The first-order chi connectivity index (χ1) is 4.67. The van der Waals surface area contributed by atoms with Gasteiger partial charge < -0.3 is 5.32 Å². The van der Waals surface area contributed by atoms with Gasteiger partial charge in [-0.05, 0) is 13.0 Å². The highest BCUT2D eigenvalue weighted by Crippen LogP contribution is 2.31. The molecule has 10 heavy (non-hydrogen) atoms. The minimum atomic E-state index is -2.44. The van der Waals surface area contributed by atoms with E-state index in [1.54, 1.807) is 6.92 Å². The first kappa shape index (κ1) is 7.92. The molecule has 0 aromatic heterocycles. The fourth-order valence-corrected chi connectivity index (χ4v) is 1.30. The highest BCUT2D eigenvalue weighted by Gasteiger charge is 2.38. The van der Waals surface area contributed by atoms with Crippen molar-refractivity contribution in [3.8, 4) is 0 Å². The van der Waals surface area contributed by atoms with E-state index in [1.807, 2.05) is 0 Å². The zero-order chi connectivity index (χ0) is 7.61. The zero-order valence-corrected chi connectivity index (χ0v) is 6.16. The van der Waals surface area contributed by atoms with Gasteiger partial charge in [-0.1, -0.05) is 6.92 Å². The molecule has 1 atom stereocenters. The van der Waals surface area contributed by atoms with E-state index in [0.717, 1.165) is 6.54 Å². The Morgan fingerprint density at radius 2 is 2.30 bits per heavy atom. The van der Waals surface area contributed by atoms with Crippen LogP contribution in [-0.4, -0.2) is 19.0 Å². The van der Waals surface area contributed by atoms with Gasteiger partial charge in [0.05, 0.1) is 0 Å². The van der Waals surface area contributed by atoms with E-state index in [4.69, 9.17) is 0 Å². The minimum Gasteiger partial charge on any atom is -0.316 e. The van der Waals surface area contributed by atoms with Crippen LogP contribution in [0.1, 0.15) is 19.8 Å². The van der Waals surface area contributed by atoms with E-state index in [-0.39, 0.29) is 6.42 Å². The third-order valence-electron chi connectivity index (χ3n) is 2.13. The maximum absolute atomic E-state index is 12.8. The van der Waals surface area contributed by atoms with Gasteiger partial charge in [0.15, 0.2) is 0 Å². The highest BCUT2D eigenvalue weighted by molar-refractivity contribution is 4.82. The number of hydrogen-bond acceptors (Lipinski definition) is 1. The molecule has 1 saturated heterocycles. The van der Waals surface area contributed by atoms with Gasteiger partial charge in [-0.2, -0.15) is 0 Å². The molecule has 0 aliphatic carbocycles. The summed E-state index contributed by atoms with van der Waals surface area (Å²) < 4.78 is 25.6. The van der Waals surface area contributed by atoms with E-state index in [0.29, 0.717) is 13.0 Å². The van der Waals surface area contributed by atoms with Gasteiger partial charge in [0, 0.05) is 18.9 Å². The molecule has 0 aromatic rings. The van der Waals surface area contributed by atoms with E-state index in [2.05, 4.69) is 5.32 Å². The SMILES string of the molecule is CCC(F)(F)C1CCNC1. The summed E-state index contributed by atoms with van der Waals surface area (Å²) in [4.78, 5) is 0. The van der Waals surface area contributed by atoms with Crippen LogP contribution in [0.4, 0.5) is 8.78 Å². The van der Waals surface area contributed by atoms with E-state index < -0.39 is 11.8 Å². The summed E-state index contributed by atoms with van der Waals surface area (Å²) in [5.74, 6) is -2.86. The van der Waals surface area contributed by atoms with Crippen molar-refractivity contribution in [2.75, 3.05) is 13.1 Å². The molecule has 1 unspecified atom stereocenters. The predicted molar refractivity (Wildman–Crippen MR) is 36.2 cm³/mol. The number of alkyl halides is 2. The first-order valence-corrected chi connectivity index (χ1v) is 3.75. The van der Waals surface area contributed by atoms with Gasteiger partial charge in [-0.25, -0.2) is 8.78 Å². The number of hydrogen-bond donors (Lipinski definition) is 1. The second-order valence-corrected chi connectivity index (χ2v) is 2.80. The molecule has 1 fully saturated rings. The smallest absolute Gasteiger partial charge is 0.251 e. The highest BCUT2D eigenvalue weighted by atomic mass is 19.3. The van der Waals surface area contributed by atoms with Gasteiger partial charge in [0.2, 0.25) is 0 Å². The molecule has 0 bridgehead atoms. The van der Waals surface area contributed by atoms with Crippen LogP contribution in [0.2, 0.25) is 0 Å². The lowest BCUT2D eigenvalue weighted by Gasteiger charge is -2.20. The van der Waals surface area contributed by atoms with Gasteiger partial charge in [0.1, 0.15) is 0 Å². The van der Waals surface area contributed by atoms with Crippen LogP contribution in [0.25, 0.3) is 0 Å². The predicted octanol–water partition coefficient (Wildman–Crippen LogP) is 1.64. The zero-order valence-electron chi connectivity index (χ0n) is 6.16. The molecule has 1 aliphatic heterocycles. The van der Waals surface area contributed by atoms with E-state index in [9.17, 15) is 8.78 Å². The fourth-order valence-electron chi connectivity index (χ4n) is 1.30. The average Bonchev–Trinajstić information content (AvgIpc) is 2.38. The largest absolute Gasteiger partial charge is 0.316 e. The van der Waals surface area contributed by atoms with Gasteiger partial charge in [-0.3, -0.25) is 0 Å². The molecule has 0 aromatic carbocycles. The molecule has 0 amide bonds. The summed E-state index contributed by atoms with van der Waals surface area (Å²) in [7, 11) is 0. The van der Waals surface area contributed by atoms with Gasteiger partial charge in [-0.15, -0.1) is 0 Å². The second kappa shape index (κ2) is 2.82. The molecular weight excluding hydrogens is 136 g/mol. The van der Waals surface area contributed by atoms with Crippen LogP contribution in [-0.2, 0) is 0 Å². The number of halogens is 2. The van der Waals surface area contributed by atoms with Crippen molar-refractivity contribution < 1.29 is 8.78 Å². The Labute approximate surface area is 59.8 Å². The lowest BCUT2D eigenvalue weighted by molar-refractivity contribution is -0.0537. The lowest BCUT2D eigenvalue weighted by Crippen LogP contribution is -2.28. The van der Waals surface area contributed by atoms with Gasteiger partial charge >= 0.3 is 0 Å². The molecule has 0 spiro atoms. The van der Waals surface area contributed by atoms with Crippen molar-refractivity contribution in [3.05, 3.63) is 0 Å². The standard InChI is InChI=1S/C7H13F2N/c1-2-7(8,9)6-3-4-10-5-6/h6,10H,2-5H2,1H3. The fraction of sp³-hybridized carbons (Fsp3) is 1.00. The number of rotatable bonds is 2. The summed E-state index contributed by atoms with van der Waals surface area (Å²) in [5.41, 5.74) is 0. The Kier molecular flexibility index (Phi) is 2.24. The van der Waals surface area contributed by atoms with Crippen molar-refractivity contribution in [2.24, 2.45) is 5.92 Å². The summed E-state index contributed by atoms with van der Waals surface area (Å²) in [6.07, 6.45) is 0.597. The van der Waals surface area contributed by atoms with Crippen LogP contribution in [0.5, 0.6) is 0 Å². The molecule has 1 rings (SSSR count). The molecular formula is C7H13F2N. The Hall–Kier alpha value is -0.180. The third kappa shape index (κ3) is 1.45. The monoisotopic (exact) mass is 149 g/mol. The quantitative estimate of drug-likeness (QED) is 0.629. The maximum Gasteiger partial charge on any atom is 0.251 e. The van der Waals surface area contributed by atoms with Crippen LogP contribution in [0.15, 0.2) is 0 Å². The Balaban J connectivity index is 2.45. The topological polar surface area (TPSA) is 12.0 Å². The molecule has 3 heteroatoms. The molecule has 1 nitrogen and oxygen atoms in total. The maximum atomic E-state index is 12.8. The van der Waals surface area contributed by atoms with Crippen molar-refractivity contribution in [1.29, 1.82) is 0 Å². The Bertz CT molecular complexity index is 108. The third-order valence-corrected chi connectivity index (χ3v) is 2.13. The van der Waals surface area contributed by atoms with Crippen molar-refractivity contribution in [3.63, 3.8) is 0 Å². The van der Waals surface area contributed by atoms with E-state index in [1.165, 1.54) is 0 Å². The molecule has 0 radical (unpaired) electrons. The van der Waals surface area contributed by atoms with Crippen molar-refractivity contribution >= 4 is 0 Å². The molecule has 0 saturated carbocycles. The summed E-state index contributed by atoms with van der Waals surface area (Å²) >= 11 is 0. The van der Waals surface area contributed by atoms with Gasteiger partial charge in [0.25, 0.3) is 5.92 Å². The Morgan fingerprint density at radius 3 is 2.70 bits per heavy atom. The normalized spacial score (nSPS) is 27.3. The molecule has 1 N–H and O–H groups in total. The van der Waals surface area contributed by atoms with Crippen LogP contribution >= 0.6 is 0 Å². The van der Waals surface area contributed by atoms with Crippen molar-refractivity contribution in [1.82, 2.24) is 5.32 Å². The van der Waals surface area contributed by atoms with Crippen molar-refractivity contribution in [2.45, 2.75) is 25.7 Å².